The fraction of sp³-hybridized carbons (Fsp3) is 0.625. The molecule has 0 aliphatic heterocycles. The van der Waals surface area contributed by atoms with Crippen molar-refractivity contribution in [2.24, 2.45) is 0 Å². The van der Waals surface area contributed by atoms with E-state index in [1.807, 2.05) is 26.0 Å². The van der Waals surface area contributed by atoms with Crippen molar-refractivity contribution in [3.63, 3.8) is 0 Å². The molecule has 1 aromatic rings. The molecule has 114 valence electrons. The van der Waals surface area contributed by atoms with E-state index in [1.165, 1.54) is 5.56 Å². The number of benzene rings is 1. The Morgan fingerprint density at radius 1 is 1.25 bits per heavy atom. The van der Waals surface area contributed by atoms with Gasteiger partial charge in [0.1, 0.15) is 0 Å². The van der Waals surface area contributed by atoms with Crippen LogP contribution in [0.2, 0.25) is 0 Å². The van der Waals surface area contributed by atoms with E-state index in [9.17, 15) is 5.11 Å². The number of aliphatic hydroxyl groups is 1. The van der Waals surface area contributed by atoms with Crippen LogP contribution in [-0.2, 0) is 15.9 Å². The van der Waals surface area contributed by atoms with Crippen LogP contribution < -0.4 is 5.32 Å². The van der Waals surface area contributed by atoms with E-state index in [0.717, 1.165) is 12.1 Å². The quantitative estimate of drug-likeness (QED) is 0.647. The summed E-state index contributed by atoms with van der Waals surface area (Å²) in [6, 6.07) is 8.22. The average molecular weight is 281 g/mol. The summed E-state index contributed by atoms with van der Waals surface area (Å²) in [5, 5.41) is 13.0. The number of hydrogen-bond acceptors (Lipinski definition) is 4. The Balaban J connectivity index is 2.14. The largest absolute Gasteiger partial charge is 0.389 e. The minimum atomic E-state index is -0.515. The van der Waals surface area contributed by atoms with Crippen LogP contribution in [-0.4, -0.2) is 43.7 Å². The van der Waals surface area contributed by atoms with Gasteiger partial charge in [-0.25, -0.2) is 0 Å². The fourth-order valence-electron chi connectivity index (χ4n) is 1.76. The van der Waals surface area contributed by atoms with Crippen molar-refractivity contribution < 1.29 is 14.6 Å². The molecule has 4 heteroatoms. The zero-order valence-corrected chi connectivity index (χ0v) is 12.8. The standard InChI is InChI=1S/C16H27NO3/c1-4-14-6-5-7-15(10-14)17-11-16(18)12-19-8-9-20-13(2)3/h5-7,10,13,16-18H,4,8-9,11-12H2,1-3H3. The predicted octanol–water partition coefficient (Wildman–Crippen LogP) is 2.46. The van der Waals surface area contributed by atoms with Crippen LogP contribution in [0, 0.1) is 0 Å². The minimum absolute atomic E-state index is 0.219. The van der Waals surface area contributed by atoms with Gasteiger partial charge in [-0.15, -0.1) is 0 Å². The van der Waals surface area contributed by atoms with E-state index in [2.05, 4.69) is 24.4 Å². The molecule has 0 saturated heterocycles. The van der Waals surface area contributed by atoms with E-state index in [-0.39, 0.29) is 6.10 Å². The third kappa shape index (κ3) is 7.48. The summed E-state index contributed by atoms with van der Waals surface area (Å²) in [5.74, 6) is 0. The van der Waals surface area contributed by atoms with Crippen LogP contribution in [0.3, 0.4) is 0 Å². The van der Waals surface area contributed by atoms with Gasteiger partial charge in [-0.3, -0.25) is 0 Å². The summed E-state index contributed by atoms with van der Waals surface area (Å²) in [4.78, 5) is 0. The fourth-order valence-corrected chi connectivity index (χ4v) is 1.76. The Bertz CT molecular complexity index is 368. The topological polar surface area (TPSA) is 50.7 Å². The number of hydrogen-bond donors (Lipinski definition) is 2. The van der Waals surface area contributed by atoms with Crippen LogP contribution in [0.5, 0.6) is 0 Å². The summed E-state index contributed by atoms with van der Waals surface area (Å²) >= 11 is 0. The number of aryl methyl sites for hydroxylation is 1. The second-order valence-corrected chi connectivity index (χ2v) is 5.08. The lowest BCUT2D eigenvalue weighted by Crippen LogP contribution is -2.25. The monoisotopic (exact) mass is 281 g/mol. The van der Waals surface area contributed by atoms with Crippen LogP contribution in [0.4, 0.5) is 5.69 Å². The minimum Gasteiger partial charge on any atom is -0.389 e. The second kappa shape index (κ2) is 9.75. The maximum absolute atomic E-state index is 9.82. The summed E-state index contributed by atoms with van der Waals surface area (Å²) in [6.07, 6.45) is 0.715. The molecule has 0 aromatic heterocycles. The highest BCUT2D eigenvalue weighted by Crippen LogP contribution is 2.10. The van der Waals surface area contributed by atoms with E-state index >= 15 is 0 Å². The molecule has 4 nitrogen and oxygen atoms in total. The Labute approximate surface area is 122 Å². The van der Waals surface area contributed by atoms with E-state index in [0.29, 0.717) is 26.4 Å². The van der Waals surface area contributed by atoms with Gasteiger partial charge in [0.25, 0.3) is 0 Å². The smallest absolute Gasteiger partial charge is 0.0945 e. The van der Waals surface area contributed by atoms with Crippen molar-refractivity contribution in [3.05, 3.63) is 29.8 Å². The molecule has 1 rings (SSSR count). The highest BCUT2D eigenvalue weighted by Gasteiger charge is 2.04. The first-order chi connectivity index (χ1) is 9.61. The maximum Gasteiger partial charge on any atom is 0.0945 e. The van der Waals surface area contributed by atoms with E-state index < -0.39 is 6.10 Å². The molecule has 1 atom stereocenters. The lowest BCUT2D eigenvalue weighted by molar-refractivity contribution is -0.00734. The first-order valence-corrected chi connectivity index (χ1v) is 7.32. The molecule has 0 aliphatic carbocycles. The van der Waals surface area contributed by atoms with E-state index in [4.69, 9.17) is 9.47 Å². The molecule has 0 spiro atoms. The van der Waals surface area contributed by atoms with Crippen LogP contribution >= 0.6 is 0 Å². The van der Waals surface area contributed by atoms with Crippen LogP contribution in [0.1, 0.15) is 26.3 Å². The molecule has 2 N–H and O–H groups in total. The van der Waals surface area contributed by atoms with Gasteiger partial charge in [-0.2, -0.15) is 0 Å². The molecule has 20 heavy (non-hydrogen) atoms. The summed E-state index contributed by atoms with van der Waals surface area (Å²) < 4.78 is 10.7. The zero-order valence-electron chi connectivity index (χ0n) is 12.8. The van der Waals surface area contributed by atoms with Gasteiger partial charge in [-0.1, -0.05) is 19.1 Å². The number of ether oxygens (including phenoxy) is 2. The first-order valence-electron chi connectivity index (χ1n) is 7.32. The summed E-state index contributed by atoms with van der Waals surface area (Å²) in [5.41, 5.74) is 2.32. The Morgan fingerprint density at radius 3 is 2.75 bits per heavy atom. The van der Waals surface area contributed by atoms with Gasteiger partial charge in [0, 0.05) is 12.2 Å². The lowest BCUT2D eigenvalue weighted by atomic mass is 10.1. The molecule has 1 aromatic carbocycles. The van der Waals surface area contributed by atoms with Crippen molar-refractivity contribution >= 4 is 5.69 Å². The molecule has 0 fully saturated rings. The van der Waals surface area contributed by atoms with Crippen LogP contribution in [0.15, 0.2) is 24.3 Å². The molecule has 0 aliphatic rings. The molecule has 0 heterocycles. The lowest BCUT2D eigenvalue weighted by Gasteiger charge is -2.14. The normalized spacial score (nSPS) is 12.7. The van der Waals surface area contributed by atoms with Crippen molar-refractivity contribution in [1.82, 2.24) is 0 Å². The predicted molar refractivity (Wildman–Crippen MR) is 82.2 cm³/mol. The van der Waals surface area contributed by atoms with Gasteiger partial charge in [0.2, 0.25) is 0 Å². The van der Waals surface area contributed by atoms with E-state index in [1.54, 1.807) is 0 Å². The second-order valence-electron chi connectivity index (χ2n) is 5.08. The van der Waals surface area contributed by atoms with Gasteiger partial charge >= 0.3 is 0 Å². The summed E-state index contributed by atoms with van der Waals surface area (Å²) in [6.45, 7) is 7.99. The van der Waals surface area contributed by atoms with Gasteiger partial charge < -0.3 is 19.9 Å². The van der Waals surface area contributed by atoms with Crippen molar-refractivity contribution in [2.45, 2.75) is 39.4 Å². The Morgan fingerprint density at radius 2 is 2.05 bits per heavy atom. The van der Waals surface area contributed by atoms with Gasteiger partial charge in [0.15, 0.2) is 0 Å². The molecular formula is C16H27NO3. The van der Waals surface area contributed by atoms with Crippen molar-refractivity contribution in [1.29, 1.82) is 0 Å². The first kappa shape index (κ1) is 17.0. The molecule has 1 unspecified atom stereocenters. The van der Waals surface area contributed by atoms with Crippen molar-refractivity contribution in [3.8, 4) is 0 Å². The molecule has 0 bridgehead atoms. The SMILES string of the molecule is CCc1cccc(NCC(O)COCCOC(C)C)c1. The molecule has 0 saturated carbocycles. The summed E-state index contributed by atoms with van der Waals surface area (Å²) in [7, 11) is 0. The molecule has 0 radical (unpaired) electrons. The van der Waals surface area contributed by atoms with Crippen molar-refractivity contribution in [2.75, 3.05) is 31.7 Å². The Kier molecular flexibility index (Phi) is 8.26. The van der Waals surface area contributed by atoms with Gasteiger partial charge in [0.05, 0.1) is 32.0 Å². The highest BCUT2D eigenvalue weighted by molar-refractivity contribution is 5.45. The number of aliphatic hydroxyl groups excluding tert-OH is 1. The van der Waals surface area contributed by atoms with Gasteiger partial charge in [-0.05, 0) is 38.0 Å². The number of anilines is 1. The van der Waals surface area contributed by atoms with Crippen LogP contribution in [0.25, 0.3) is 0 Å². The molecular weight excluding hydrogens is 254 g/mol. The Hall–Kier alpha value is -1.10. The maximum atomic E-state index is 9.82. The number of rotatable bonds is 10. The highest BCUT2D eigenvalue weighted by atomic mass is 16.5. The third-order valence-electron chi connectivity index (χ3n) is 2.87. The zero-order chi connectivity index (χ0) is 14.8. The molecule has 0 amide bonds. The number of nitrogens with one attached hydrogen (secondary N) is 1. The average Bonchev–Trinajstić information content (AvgIpc) is 2.44. The third-order valence-corrected chi connectivity index (χ3v) is 2.87.